The van der Waals surface area contributed by atoms with Crippen LogP contribution in [0.3, 0.4) is 0 Å². The van der Waals surface area contributed by atoms with Crippen LogP contribution in [0, 0.1) is 5.92 Å². The van der Waals surface area contributed by atoms with E-state index in [0.29, 0.717) is 76.5 Å². The van der Waals surface area contributed by atoms with Crippen molar-refractivity contribution < 1.29 is 510 Å². The number of carboxylic acids is 4. The van der Waals surface area contributed by atoms with E-state index in [-0.39, 0.29) is 469 Å². The molecule has 0 aliphatic carbocycles. The summed E-state index contributed by atoms with van der Waals surface area (Å²) in [5.41, 5.74) is 0. The summed E-state index contributed by atoms with van der Waals surface area (Å²) in [6.45, 7) is 10.9. The van der Waals surface area contributed by atoms with Crippen LogP contribution in [0.1, 0.15) is 394 Å². The molecular weight excluding hydrogens is 1620 g/mol. The van der Waals surface area contributed by atoms with Crippen molar-refractivity contribution in [2.24, 2.45) is 5.92 Å². The van der Waals surface area contributed by atoms with Crippen molar-refractivity contribution in [2.75, 3.05) is 0 Å². The van der Waals surface area contributed by atoms with Crippen molar-refractivity contribution in [3.63, 3.8) is 0 Å². The van der Waals surface area contributed by atoms with Crippen LogP contribution >= 0.6 is 0 Å². The minimum absolute atomic E-state index is 0. The van der Waals surface area contributed by atoms with Crippen LogP contribution in [-0.2, 0) is 49.5 Å². The zero-order valence-corrected chi connectivity index (χ0v) is 96.6. The molecule has 0 aromatic rings. The molecule has 0 bridgehead atoms. The molecule has 8 atom stereocenters. The van der Waals surface area contributed by atoms with E-state index < -0.39 is 88.3 Å². The summed E-state index contributed by atoms with van der Waals surface area (Å²) in [7, 11) is -13.4. The van der Waals surface area contributed by atoms with Crippen molar-refractivity contribution in [3.05, 3.63) is 0 Å². The third-order valence-corrected chi connectivity index (χ3v) is 21.8. The van der Waals surface area contributed by atoms with Crippen molar-refractivity contribution in [1.82, 2.24) is 0 Å². The topological polar surface area (TPSA) is 413 Å². The molecule has 582 valence electrons. The Balaban J connectivity index is -0.000000107. The van der Waals surface area contributed by atoms with Gasteiger partial charge >= 0.3 is 411 Å². The molecular formula is C73H139K8O21S3+. The summed E-state index contributed by atoms with van der Waals surface area (Å²) in [4.78, 5) is 41.1. The van der Waals surface area contributed by atoms with E-state index in [0.717, 1.165) is 186 Å². The number of carbonyl (C=O) groups excluding carboxylic acids is 4. The molecule has 21 nitrogen and oxygen atoms in total. The Bertz CT molecular complexity index is 2190. The van der Waals surface area contributed by atoms with Gasteiger partial charge < -0.3 is 73.7 Å². The maximum absolute atomic E-state index is 11.4. The average Bonchev–Trinajstić information content (AvgIpc) is 0.880. The van der Waals surface area contributed by atoms with Gasteiger partial charge in [-0.25, -0.2) is 25.3 Å². The molecule has 0 saturated carbocycles. The third kappa shape index (κ3) is 111. The normalized spacial score (nSPS) is 13.2. The van der Waals surface area contributed by atoms with Gasteiger partial charge in [0.05, 0.1) is 50.3 Å². The Morgan fingerprint density at radius 3 is 0.705 bits per heavy atom. The molecule has 0 aromatic carbocycles. The number of hydrogen-bond donors (Lipinski definition) is 4. The smallest absolute Gasteiger partial charge is 0.748 e. The van der Waals surface area contributed by atoms with Crippen LogP contribution in [0.5, 0.6) is 0 Å². The molecule has 0 saturated heterocycles. The fourth-order valence-corrected chi connectivity index (χ4v) is 14.8. The molecule has 0 spiro atoms. The fourth-order valence-electron chi connectivity index (χ4n) is 11.9. The van der Waals surface area contributed by atoms with E-state index in [1.165, 1.54) is 51.4 Å². The second-order valence-electron chi connectivity index (χ2n) is 27.4. The van der Waals surface area contributed by atoms with Gasteiger partial charge in [0.15, 0.2) is 0 Å². The molecule has 0 amide bonds. The van der Waals surface area contributed by atoms with Crippen molar-refractivity contribution in [2.45, 2.75) is 434 Å². The number of aliphatic carboxylic acids is 4. The Labute approximate surface area is 981 Å². The summed E-state index contributed by atoms with van der Waals surface area (Å²) in [6.07, 6.45) is 41.6. The molecule has 0 aromatic heterocycles. The van der Waals surface area contributed by atoms with E-state index in [9.17, 15) is 98.9 Å². The van der Waals surface area contributed by atoms with E-state index in [1.54, 1.807) is 0 Å². The first-order chi connectivity index (χ1) is 45.9. The molecule has 0 heterocycles. The van der Waals surface area contributed by atoms with E-state index >= 15 is 0 Å². The van der Waals surface area contributed by atoms with Crippen molar-refractivity contribution >= 4 is 54.2 Å². The molecule has 0 radical (unpaired) electrons. The first-order valence-corrected chi connectivity index (χ1v) is 42.7. The first kappa shape index (κ1) is 141. The molecule has 0 aliphatic heterocycles. The number of carbonyl (C=O) groups is 4. The predicted molar refractivity (Wildman–Crippen MR) is 375 cm³/mol. The third-order valence-electron chi connectivity index (χ3n) is 17.9. The summed E-state index contributed by atoms with van der Waals surface area (Å²) >= 11 is 0. The van der Waals surface area contributed by atoms with Crippen molar-refractivity contribution in [3.8, 4) is 0 Å². The van der Waals surface area contributed by atoms with Crippen LogP contribution in [-0.4, -0.2) is 123 Å². The van der Waals surface area contributed by atoms with E-state index in [2.05, 4.69) is 34.6 Å². The molecule has 8 unspecified atom stereocenters. The monoisotopic (exact) mass is 1760 g/mol. The molecule has 105 heavy (non-hydrogen) atoms. The molecule has 32 heteroatoms. The number of carboxylic acid groups (broad SMARTS) is 4. The maximum Gasteiger partial charge on any atom is 1.00 e. The number of aliphatic hydroxyl groups is 4. The second kappa shape index (κ2) is 102. The minimum atomic E-state index is -4.51. The van der Waals surface area contributed by atoms with Crippen molar-refractivity contribution in [1.29, 1.82) is 0 Å². The minimum Gasteiger partial charge on any atom is -0.748 e. The van der Waals surface area contributed by atoms with Gasteiger partial charge in [-0.15, -0.1) is 0 Å². The fraction of sp³-hybridized carbons (Fsp3) is 0.945. The van der Waals surface area contributed by atoms with Gasteiger partial charge in [-0.2, -0.15) is 0 Å². The number of aliphatic hydroxyl groups excluding tert-OH is 4. The van der Waals surface area contributed by atoms with Crippen LogP contribution in [0.25, 0.3) is 0 Å². The van der Waals surface area contributed by atoms with Gasteiger partial charge in [-0.1, -0.05) is 285 Å². The van der Waals surface area contributed by atoms with Gasteiger partial charge in [0.25, 0.3) is 0 Å². The standard InChI is InChI=1S/C19H38O3.3C18H36O6S.8K/c1-3-4-5-6-7-10-13-17(2)16-18(20)14-11-8-9-12-15-19(21)22;1-2-3-4-6-9-12-16(19)15-17(25(22,23)24)13-10-7-5-8-11-14-18(20)21;1-2-3-4-5-8-11-14-17(25(22,23)24)16(19)13-10-7-6-9-12-15-18(20)21;1-2-3-4-5-7-10-13-16(19)17(25(22,23)24)14-11-8-6-9-12-15-18(20)21;;;;;;;;/h17-18,20H,3-16H2,1-2H3,(H,21,22);3*16-17,19H,2-15H2,1H3,(H,20,21)(H,22,23,24);;;;;;;;/q;;;;8*+1/p-7. The molecule has 4 N–H and O–H groups in total. The van der Waals surface area contributed by atoms with Crippen LogP contribution in [0.15, 0.2) is 0 Å². The predicted octanol–water partition coefficient (Wildman–Crippen LogP) is -12.3. The second-order valence-corrected chi connectivity index (χ2v) is 32.3. The molecule has 0 aliphatic rings. The van der Waals surface area contributed by atoms with Gasteiger partial charge in [0.1, 0.15) is 20.2 Å². The van der Waals surface area contributed by atoms with Gasteiger partial charge in [0.2, 0.25) is 0 Å². The first-order valence-electron chi connectivity index (χ1n) is 38.3. The van der Waals surface area contributed by atoms with Gasteiger partial charge in [0, 0.05) is 23.9 Å². The average molecular weight is 1760 g/mol. The zero-order valence-electron chi connectivity index (χ0n) is 69.2. The molecule has 0 rings (SSSR count). The number of hydrogen-bond acceptors (Lipinski definition) is 21. The van der Waals surface area contributed by atoms with E-state index in [4.69, 9.17) is 0 Å². The maximum atomic E-state index is 11.4. The van der Waals surface area contributed by atoms with Gasteiger partial charge in [-0.3, -0.25) is 0 Å². The van der Waals surface area contributed by atoms with Crippen LogP contribution in [0.2, 0.25) is 0 Å². The summed E-state index contributed by atoms with van der Waals surface area (Å²) < 4.78 is 103. The zero-order chi connectivity index (χ0) is 74.0. The van der Waals surface area contributed by atoms with Crippen LogP contribution < -0.4 is 432 Å². The summed E-state index contributed by atoms with van der Waals surface area (Å²) in [6, 6.07) is 0. The number of unbranched alkanes of at least 4 members (excludes halogenated alkanes) is 34. The summed E-state index contributed by atoms with van der Waals surface area (Å²) in [5.74, 6) is -3.51. The SMILES string of the molecule is CCCCCCCC(O)CC(CCCCCCCC(=O)[O-])S(=O)(=O)[O-].CCCCCCCCC(C(O)CCCCCCCC(=O)[O-])S(=O)(=O)[O-].CCCCCCCCC(C)CC(O)CCCCCCC(=O)[O-].CCCCCCCCC(O)C(CCCCCCCC(=O)[O-])S(=O)(=O)[O-].[K+].[K+].[K+].[K+].[K+].[K+].[K+].[K+]. The van der Waals surface area contributed by atoms with Gasteiger partial charge in [-0.05, 0) is 115 Å². The van der Waals surface area contributed by atoms with E-state index in [1.807, 2.05) is 0 Å². The van der Waals surface area contributed by atoms with Crippen LogP contribution in [0.4, 0.5) is 0 Å². The quantitative estimate of drug-likeness (QED) is 0.0250. The Morgan fingerprint density at radius 2 is 0.467 bits per heavy atom. The summed E-state index contributed by atoms with van der Waals surface area (Å²) in [5, 5.41) is 77.9. The Kier molecular flexibility index (Phi) is 137. The largest absolute Gasteiger partial charge is 1.00 e. The Hall–Kier alpha value is 10.5. The Morgan fingerprint density at radius 1 is 0.267 bits per heavy atom. The number of rotatable bonds is 67. The molecule has 0 fully saturated rings.